The summed E-state index contributed by atoms with van der Waals surface area (Å²) in [4.78, 5) is 12.8. The molecule has 2 N–H and O–H groups in total. The van der Waals surface area contributed by atoms with Gasteiger partial charge >= 0.3 is 0 Å². The standard InChI is InChI=1S/C11H25NO.C5H11NO/c1-5-6-12(7-8-13)11(4)9-10(2)3;1-4(2)5(7)6-3/h10-11,13H,5-9H2,1-4H3;4H,1-3H3,(H,6,7). The Balaban J connectivity index is 0. The molecule has 0 aromatic carbocycles. The molecule has 0 aromatic heterocycles. The summed E-state index contributed by atoms with van der Waals surface area (Å²) >= 11 is 0. The molecule has 0 aliphatic rings. The van der Waals surface area contributed by atoms with Crippen LogP contribution in [0.25, 0.3) is 0 Å². The third-order valence-electron chi connectivity index (χ3n) is 3.10. The lowest BCUT2D eigenvalue weighted by Crippen LogP contribution is -2.36. The molecule has 20 heavy (non-hydrogen) atoms. The molecule has 0 heterocycles. The van der Waals surface area contributed by atoms with E-state index in [0.717, 1.165) is 19.0 Å². The van der Waals surface area contributed by atoms with E-state index in [1.54, 1.807) is 7.05 Å². The number of nitrogens with one attached hydrogen (secondary N) is 1. The van der Waals surface area contributed by atoms with Crippen LogP contribution in [0.3, 0.4) is 0 Å². The van der Waals surface area contributed by atoms with Crippen molar-refractivity contribution >= 4 is 5.91 Å². The third-order valence-corrected chi connectivity index (χ3v) is 3.10. The monoisotopic (exact) mass is 288 g/mol. The molecule has 0 aliphatic heterocycles. The Hall–Kier alpha value is -0.610. The lowest BCUT2D eigenvalue weighted by atomic mass is 10.0. The smallest absolute Gasteiger partial charge is 0.222 e. The van der Waals surface area contributed by atoms with Gasteiger partial charge in [-0.2, -0.15) is 0 Å². The van der Waals surface area contributed by atoms with Crippen molar-refractivity contribution in [2.75, 3.05) is 26.7 Å². The quantitative estimate of drug-likeness (QED) is 0.721. The molecule has 122 valence electrons. The van der Waals surface area contributed by atoms with E-state index in [2.05, 4.69) is 37.9 Å². The molecule has 0 fully saturated rings. The topological polar surface area (TPSA) is 52.6 Å². The van der Waals surface area contributed by atoms with Crippen LogP contribution in [0.1, 0.15) is 54.4 Å². The van der Waals surface area contributed by atoms with Crippen LogP contribution >= 0.6 is 0 Å². The van der Waals surface area contributed by atoms with Crippen LogP contribution < -0.4 is 5.32 Å². The Labute approximate surface area is 125 Å². The number of aliphatic hydroxyl groups is 1. The summed E-state index contributed by atoms with van der Waals surface area (Å²) in [6, 6.07) is 0.604. The predicted octanol–water partition coefficient (Wildman–Crippen LogP) is 2.51. The third kappa shape index (κ3) is 12.4. The summed E-state index contributed by atoms with van der Waals surface area (Å²) in [6.45, 7) is 14.9. The first-order valence-corrected chi connectivity index (χ1v) is 7.86. The number of carbonyl (C=O) groups excluding carboxylic acids is 1. The minimum atomic E-state index is 0.0972. The Morgan fingerprint density at radius 3 is 1.95 bits per heavy atom. The molecule has 4 nitrogen and oxygen atoms in total. The lowest BCUT2D eigenvalue weighted by molar-refractivity contribution is -0.123. The van der Waals surface area contributed by atoms with E-state index in [1.807, 2.05) is 13.8 Å². The fourth-order valence-electron chi connectivity index (χ4n) is 2.09. The summed E-state index contributed by atoms with van der Waals surface area (Å²) < 4.78 is 0. The largest absolute Gasteiger partial charge is 0.395 e. The molecule has 0 rings (SSSR count). The van der Waals surface area contributed by atoms with Crippen molar-refractivity contribution in [3.63, 3.8) is 0 Å². The van der Waals surface area contributed by atoms with Crippen LogP contribution in [0.5, 0.6) is 0 Å². The SMILES string of the molecule is CCCN(CCO)C(C)CC(C)C.CNC(=O)C(C)C. The molecular formula is C16H36N2O2. The fourth-order valence-corrected chi connectivity index (χ4v) is 2.09. The summed E-state index contributed by atoms with van der Waals surface area (Å²) in [6.07, 6.45) is 2.39. The van der Waals surface area contributed by atoms with Gasteiger partial charge in [0.05, 0.1) is 6.61 Å². The molecule has 1 atom stereocenters. The van der Waals surface area contributed by atoms with Crippen LogP contribution in [0.4, 0.5) is 0 Å². The zero-order chi connectivity index (χ0) is 16.1. The van der Waals surface area contributed by atoms with Crippen molar-refractivity contribution in [1.82, 2.24) is 10.2 Å². The summed E-state index contributed by atoms with van der Waals surface area (Å²) in [7, 11) is 1.64. The lowest BCUT2D eigenvalue weighted by Gasteiger charge is -2.29. The van der Waals surface area contributed by atoms with E-state index < -0.39 is 0 Å². The molecule has 0 radical (unpaired) electrons. The van der Waals surface area contributed by atoms with Gasteiger partial charge in [0.2, 0.25) is 5.91 Å². The van der Waals surface area contributed by atoms with Crippen molar-refractivity contribution in [2.45, 2.75) is 60.4 Å². The molecule has 0 saturated carbocycles. The second-order valence-corrected chi connectivity index (χ2v) is 6.01. The Bertz CT molecular complexity index is 225. The average molecular weight is 288 g/mol. The number of hydrogen-bond acceptors (Lipinski definition) is 3. The summed E-state index contributed by atoms with van der Waals surface area (Å²) in [5, 5.41) is 11.4. The maximum atomic E-state index is 10.4. The van der Waals surface area contributed by atoms with Gasteiger partial charge in [0.15, 0.2) is 0 Å². The van der Waals surface area contributed by atoms with Crippen LogP contribution in [-0.4, -0.2) is 48.7 Å². The first-order chi connectivity index (χ1) is 9.29. The minimum absolute atomic E-state index is 0.0972. The molecule has 0 aliphatic carbocycles. The highest BCUT2D eigenvalue weighted by Crippen LogP contribution is 2.11. The van der Waals surface area contributed by atoms with Gasteiger partial charge in [-0.1, -0.05) is 34.6 Å². The maximum absolute atomic E-state index is 10.4. The molecule has 4 heteroatoms. The van der Waals surface area contributed by atoms with Gasteiger partial charge in [-0.05, 0) is 32.2 Å². The summed E-state index contributed by atoms with van der Waals surface area (Å²) in [5.74, 6) is 0.957. The fraction of sp³-hybridized carbons (Fsp3) is 0.938. The van der Waals surface area contributed by atoms with Gasteiger partial charge in [0, 0.05) is 25.6 Å². The molecule has 0 spiro atoms. The molecule has 0 aromatic rings. The molecule has 1 amide bonds. The molecule has 0 saturated heterocycles. The van der Waals surface area contributed by atoms with E-state index in [0.29, 0.717) is 6.04 Å². The Morgan fingerprint density at radius 1 is 1.15 bits per heavy atom. The predicted molar refractivity (Wildman–Crippen MR) is 86.8 cm³/mol. The first-order valence-electron chi connectivity index (χ1n) is 7.86. The van der Waals surface area contributed by atoms with Crippen LogP contribution in [-0.2, 0) is 4.79 Å². The normalized spacial score (nSPS) is 12.3. The van der Waals surface area contributed by atoms with Crippen molar-refractivity contribution in [2.24, 2.45) is 11.8 Å². The maximum Gasteiger partial charge on any atom is 0.222 e. The number of carbonyl (C=O) groups is 1. The van der Waals surface area contributed by atoms with Crippen LogP contribution in [0.2, 0.25) is 0 Å². The molecule has 1 unspecified atom stereocenters. The van der Waals surface area contributed by atoms with Gasteiger partial charge in [0.25, 0.3) is 0 Å². The minimum Gasteiger partial charge on any atom is -0.395 e. The number of aliphatic hydroxyl groups excluding tert-OH is 1. The van der Waals surface area contributed by atoms with Crippen molar-refractivity contribution in [1.29, 1.82) is 0 Å². The number of hydrogen-bond donors (Lipinski definition) is 2. The van der Waals surface area contributed by atoms with Gasteiger partial charge in [-0.3, -0.25) is 9.69 Å². The average Bonchev–Trinajstić information content (AvgIpc) is 2.37. The van der Waals surface area contributed by atoms with E-state index in [4.69, 9.17) is 5.11 Å². The van der Waals surface area contributed by atoms with Gasteiger partial charge in [-0.15, -0.1) is 0 Å². The van der Waals surface area contributed by atoms with Gasteiger partial charge in [0.1, 0.15) is 0 Å². The first kappa shape index (κ1) is 21.7. The van der Waals surface area contributed by atoms with Crippen LogP contribution in [0.15, 0.2) is 0 Å². The second kappa shape index (κ2) is 13.4. The Kier molecular flexibility index (Phi) is 14.5. The van der Waals surface area contributed by atoms with E-state index in [1.165, 1.54) is 12.8 Å². The zero-order valence-corrected chi connectivity index (χ0v) is 14.6. The van der Waals surface area contributed by atoms with Crippen molar-refractivity contribution < 1.29 is 9.90 Å². The second-order valence-electron chi connectivity index (χ2n) is 6.01. The van der Waals surface area contributed by atoms with E-state index >= 15 is 0 Å². The zero-order valence-electron chi connectivity index (χ0n) is 14.6. The number of rotatable bonds is 8. The van der Waals surface area contributed by atoms with E-state index in [-0.39, 0.29) is 18.4 Å². The van der Waals surface area contributed by atoms with Crippen molar-refractivity contribution in [3.05, 3.63) is 0 Å². The highest BCUT2D eigenvalue weighted by molar-refractivity contribution is 5.77. The number of nitrogens with zero attached hydrogens (tertiary/aromatic N) is 1. The van der Waals surface area contributed by atoms with Crippen LogP contribution in [0, 0.1) is 11.8 Å². The Morgan fingerprint density at radius 2 is 1.70 bits per heavy atom. The highest BCUT2D eigenvalue weighted by Gasteiger charge is 2.13. The van der Waals surface area contributed by atoms with Gasteiger partial charge < -0.3 is 10.4 Å². The van der Waals surface area contributed by atoms with Gasteiger partial charge in [-0.25, -0.2) is 0 Å². The summed E-state index contributed by atoms with van der Waals surface area (Å²) in [5.41, 5.74) is 0. The highest BCUT2D eigenvalue weighted by atomic mass is 16.3. The number of amides is 1. The molecular weight excluding hydrogens is 252 g/mol. The molecule has 0 bridgehead atoms. The van der Waals surface area contributed by atoms with Crippen molar-refractivity contribution in [3.8, 4) is 0 Å². The van der Waals surface area contributed by atoms with E-state index in [9.17, 15) is 4.79 Å².